The van der Waals surface area contributed by atoms with E-state index in [1.54, 1.807) is 11.8 Å². The SMILES string of the molecule is CSc1ccc(-c2noc(C(C)N)n2)cc1. The third kappa shape index (κ3) is 2.25. The van der Waals surface area contributed by atoms with Gasteiger partial charge in [0.05, 0.1) is 6.04 Å². The van der Waals surface area contributed by atoms with Crippen LogP contribution in [0.5, 0.6) is 0 Å². The largest absolute Gasteiger partial charge is 0.337 e. The fourth-order valence-electron chi connectivity index (χ4n) is 1.28. The van der Waals surface area contributed by atoms with Gasteiger partial charge in [-0.25, -0.2) is 0 Å². The Labute approximate surface area is 98.2 Å². The molecule has 0 saturated heterocycles. The molecule has 84 valence electrons. The van der Waals surface area contributed by atoms with E-state index in [4.69, 9.17) is 10.3 Å². The molecule has 0 fully saturated rings. The van der Waals surface area contributed by atoms with Crippen LogP contribution >= 0.6 is 11.8 Å². The summed E-state index contributed by atoms with van der Waals surface area (Å²) < 4.78 is 5.05. The smallest absolute Gasteiger partial charge is 0.243 e. The fraction of sp³-hybridized carbons (Fsp3) is 0.273. The molecular formula is C11H13N3OS. The second-order valence-electron chi connectivity index (χ2n) is 3.47. The van der Waals surface area contributed by atoms with Gasteiger partial charge in [0.2, 0.25) is 11.7 Å². The highest BCUT2D eigenvalue weighted by Crippen LogP contribution is 2.21. The van der Waals surface area contributed by atoms with Gasteiger partial charge in [0.15, 0.2) is 0 Å². The van der Waals surface area contributed by atoms with Crippen LogP contribution in [0, 0.1) is 0 Å². The van der Waals surface area contributed by atoms with Crippen molar-refractivity contribution in [2.24, 2.45) is 5.73 Å². The Hall–Kier alpha value is -1.33. The molecule has 5 heteroatoms. The van der Waals surface area contributed by atoms with E-state index in [1.165, 1.54) is 4.90 Å². The summed E-state index contributed by atoms with van der Waals surface area (Å²) in [6.45, 7) is 1.81. The van der Waals surface area contributed by atoms with Gasteiger partial charge in [-0.2, -0.15) is 4.98 Å². The summed E-state index contributed by atoms with van der Waals surface area (Å²) in [6, 6.07) is 7.78. The van der Waals surface area contributed by atoms with Crippen molar-refractivity contribution < 1.29 is 4.52 Å². The van der Waals surface area contributed by atoms with Crippen LogP contribution in [-0.2, 0) is 0 Å². The summed E-state index contributed by atoms with van der Waals surface area (Å²) in [5.74, 6) is 1.05. The number of aromatic nitrogens is 2. The number of hydrogen-bond acceptors (Lipinski definition) is 5. The Balaban J connectivity index is 2.28. The van der Waals surface area contributed by atoms with Gasteiger partial charge in [-0.3, -0.25) is 0 Å². The molecule has 0 aliphatic rings. The molecule has 1 aromatic carbocycles. The van der Waals surface area contributed by atoms with E-state index >= 15 is 0 Å². The first kappa shape index (κ1) is 11.2. The first-order valence-electron chi connectivity index (χ1n) is 4.94. The highest BCUT2D eigenvalue weighted by atomic mass is 32.2. The standard InChI is InChI=1S/C11H13N3OS/c1-7(12)11-13-10(14-15-11)8-3-5-9(16-2)6-4-8/h3-7H,12H2,1-2H3. The van der Waals surface area contributed by atoms with Gasteiger partial charge < -0.3 is 10.3 Å². The summed E-state index contributed by atoms with van der Waals surface area (Å²) in [5.41, 5.74) is 6.59. The van der Waals surface area contributed by atoms with Gasteiger partial charge in [0, 0.05) is 10.5 Å². The normalized spacial score (nSPS) is 12.7. The molecule has 1 atom stereocenters. The summed E-state index contributed by atoms with van der Waals surface area (Å²) >= 11 is 1.70. The highest BCUT2D eigenvalue weighted by Gasteiger charge is 2.11. The second-order valence-corrected chi connectivity index (χ2v) is 4.35. The summed E-state index contributed by atoms with van der Waals surface area (Å²) in [7, 11) is 0. The number of rotatable bonds is 3. The van der Waals surface area contributed by atoms with Crippen molar-refractivity contribution in [3.05, 3.63) is 30.2 Å². The Kier molecular flexibility index (Phi) is 3.26. The lowest BCUT2D eigenvalue weighted by atomic mass is 10.2. The number of nitrogens with two attached hydrogens (primary N) is 1. The average molecular weight is 235 g/mol. The van der Waals surface area contributed by atoms with E-state index in [-0.39, 0.29) is 6.04 Å². The first-order valence-corrected chi connectivity index (χ1v) is 6.17. The molecule has 4 nitrogen and oxygen atoms in total. The molecule has 2 aromatic rings. The molecule has 1 aromatic heterocycles. The lowest BCUT2D eigenvalue weighted by Crippen LogP contribution is -2.04. The van der Waals surface area contributed by atoms with Gasteiger partial charge in [0.1, 0.15) is 0 Å². The molecule has 1 unspecified atom stereocenters. The summed E-state index contributed by atoms with van der Waals surface area (Å²) in [5, 5.41) is 3.89. The van der Waals surface area contributed by atoms with E-state index in [0.717, 1.165) is 5.56 Å². The molecule has 16 heavy (non-hydrogen) atoms. The van der Waals surface area contributed by atoms with Gasteiger partial charge >= 0.3 is 0 Å². The van der Waals surface area contributed by atoms with Crippen molar-refractivity contribution in [2.75, 3.05) is 6.26 Å². The maximum atomic E-state index is 5.65. The molecule has 0 amide bonds. The minimum absolute atomic E-state index is 0.230. The average Bonchev–Trinajstić information content (AvgIpc) is 2.78. The van der Waals surface area contributed by atoms with Crippen molar-refractivity contribution in [1.82, 2.24) is 10.1 Å². The molecule has 2 rings (SSSR count). The second kappa shape index (κ2) is 4.67. The van der Waals surface area contributed by atoms with Crippen LogP contribution in [0.2, 0.25) is 0 Å². The lowest BCUT2D eigenvalue weighted by Gasteiger charge is -1.97. The third-order valence-corrected chi connectivity index (χ3v) is 2.92. The van der Waals surface area contributed by atoms with E-state index in [1.807, 2.05) is 37.4 Å². The summed E-state index contributed by atoms with van der Waals surface area (Å²) in [4.78, 5) is 5.43. The number of hydrogen-bond donors (Lipinski definition) is 1. The van der Waals surface area contributed by atoms with Crippen molar-refractivity contribution in [3.63, 3.8) is 0 Å². The van der Waals surface area contributed by atoms with Gasteiger partial charge in [-0.1, -0.05) is 5.16 Å². The maximum Gasteiger partial charge on any atom is 0.243 e. The Bertz CT molecular complexity index is 464. The molecule has 1 heterocycles. The van der Waals surface area contributed by atoms with Crippen LogP contribution in [0.15, 0.2) is 33.7 Å². The fourth-order valence-corrected chi connectivity index (χ4v) is 1.69. The maximum absolute atomic E-state index is 5.65. The van der Waals surface area contributed by atoms with Crippen molar-refractivity contribution in [1.29, 1.82) is 0 Å². The van der Waals surface area contributed by atoms with E-state index in [0.29, 0.717) is 11.7 Å². The zero-order chi connectivity index (χ0) is 11.5. The monoisotopic (exact) mass is 235 g/mol. The van der Waals surface area contributed by atoms with E-state index < -0.39 is 0 Å². The molecule has 0 aliphatic carbocycles. The minimum atomic E-state index is -0.230. The third-order valence-electron chi connectivity index (χ3n) is 2.18. The summed E-state index contributed by atoms with van der Waals surface area (Å²) in [6.07, 6.45) is 2.04. The van der Waals surface area contributed by atoms with Crippen molar-refractivity contribution in [2.45, 2.75) is 17.9 Å². The van der Waals surface area contributed by atoms with Crippen LogP contribution < -0.4 is 5.73 Å². The zero-order valence-electron chi connectivity index (χ0n) is 9.18. The topological polar surface area (TPSA) is 64.9 Å². The zero-order valence-corrected chi connectivity index (χ0v) is 9.99. The van der Waals surface area contributed by atoms with Crippen LogP contribution in [0.4, 0.5) is 0 Å². The number of nitrogens with zero attached hydrogens (tertiary/aromatic N) is 2. The van der Waals surface area contributed by atoms with Crippen LogP contribution in [0.1, 0.15) is 18.9 Å². The van der Waals surface area contributed by atoms with Crippen LogP contribution in [0.25, 0.3) is 11.4 Å². The van der Waals surface area contributed by atoms with Crippen molar-refractivity contribution >= 4 is 11.8 Å². The minimum Gasteiger partial charge on any atom is -0.337 e. The Morgan fingerprint density at radius 3 is 2.50 bits per heavy atom. The molecule has 0 aliphatic heterocycles. The van der Waals surface area contributed by atoms with Gasteiger partial charge in [-0.15, -0.1) is 11.8 Å². The van der Waals surface area contributed by atoms with E-state index in [9.17, 15) is 0 Å². The van der Waals surface area contributed by atoms with Crippen LogP contribution in [0.3, 0.4) is 0 Å². The number of benzene rings is 1. The van der Waals surface area contributed by atoms with Gasteiger partial charge in [-0.05, 0) is 37.4 Å². The molecule has 0 radical (unpaired) electrons. The van der Waals surface area contributed by atoms with E-state index in [2.05, 4.69) is 10.1 Å². The molecule has 0 spiro atoms. The molecule has 2 N–H and O–H groups in total. The van der Waals surface area contributed by atoms with Crippen LogP contribution in [-0.4, -0.2) is 16.4 Å². The van der Waals surface area contributed by atoms with Gasteiger partial charge in [0.25, 0.3) is 0 Å². The Morgan fingerprint density at radius 1 is 1.31 bits per heavy atom. The molecule has 0 bridgehead atoms. The number of thioether (sulfide) groups is 1. The predicted molar refractivity (Wildman–Crippen MR) is 64.1 cm³/mol. The lowest BCUT2D eigenvalue weighted by molar-refractivity contribution is 0.362. The molecular weight excluding hydrogens is 222 g/mol. The Morgan fingerprint density at radius 2 is 2.00 bits per heavy atom. The molecule has 0 saturated carbocycles. The highest BCUT2D eigenvalue weighted by molar-refractivity contribution is 7.98. The quantitative estimate of drug-likeness (QED) is 0.828. The first-order chi connectivity index (χ1) is 7.70. The van der Waals surface area contributed by atoms with Crippen molar-refractivity contribution in [3.8, 4) is 11.4 Å². The predicted octanol–water partition coefficient (Wildman–Crippen LogP) is 2.48.